The largest absolute Gasteiger partial charge is 0.478 e. The maximum absolute atomic E-state index is 13.0. The molecule has 0 radical (unpaired) electrons. The molecule has 2 N–H and O–H groups in total. The van der Waals surface area contributed by atoms with Crippen molar-refractivity contribution >= 4 is 37.6 Å². The highest BCUT2D eigenvalue weighted by Crippen LogP contribution is 2.25. The van der Waals surface area contributed by atoms with Crippen LogP contribution in [0.3, 0.4) is 0 Å². The minimum atomic E-state index is -3.89. The van der Waals surface area contributed by atoms with Gasteiger partial charge in [-0.1, -0.05) is 0 Å². The fourth-order valence-corrected chi connectivity index (χ4v) is 3.21. The van der Waals surface area contributed by atoms with Crippen molar-refractivity contribution in [2.75, 3.05) is 4.72 Å². The highest BCUT2D eigenvalue weighted by Gasteiger charge is 2.16. The Kier molecular flexibility index (Phi) is 4.29. The lowest BCUT2D eigenvalue weighted by atomic mass is 10.2. The Hall–Kier alpha value is -1.93. The second kappa shape index (κ2) is 5.82. The third-order valence-electron chi connectivity index (χ3n) is 2.59. The lowest BCUT2D eigenvalue weighted by Crippen LogP contribution is -2.13. The summed E-state index contributed by atoms with van der Waals surface area (Å²) in [6, 6.07) is 8.28. The first-order chi connectivity index (χ1) is 9.79. The molecule has 0 spiro atoms. The Balaban J connectivity index is 2.31. The van der Waals surface area contributed by atoms with Crippen LogP contribution in [0.4, 0.5) is 10.1 Å². The molecule has 2 aromatic carbocycles. The molecule has 0 aliphatic carbocycles. The summed E-state index contributed by atoms with van der Waals surface area (Å²) in [5, 5.41) is 8.77. The van der Waals surface area contributed by atoms with Crippen molar-refractivity contribution in [2.24, 2.45) is 0 Å². The number of benzene rings is 2. The molecule has 2 rings (SSSR count). The molecule has 5 nitrogen and oxygen atoms in total. The Morgan fingerprint density at radius 3 is 2.29 bits per heavy atom. The van der Waals surface area contributed by atoms with Crippen molar-refractivity contribution in [3.8, 4) is 0 Å². The van der Waals surface area contributed by atoms with Gasteiger partial charge in [-0.15, -0.1) is 0 Å². The first-order valence-electron chi connectivity index (χ1n) is 5.61. The average Bonchev–Trinajstić information content (AvgIpc) is 2.42. The van der Waals surface area contributed by atoms with E-state index in [1.54, 1.807) is 0 Å². The molecule has 2 aromatic rings. The maximum atomic E-state index is 13.0. The Bertz CT molecular complexity index is 790. The van der Waals surface area contributed by atoms with Gasteiger partial charge in [0.25, 0.3) is 10.0 Å². The summed E-state index contributed by atoms with van der Waals surface area (Å²) in [5.41, 5.74) is 0.163. The number of sulfonamides is 1. The molecule has 0 amide bonds. The van der Waals surface area contributed by atoms with Gasteiger partial charge in [0.1, 0.15) is 5.82 Å². The van der Waals surface area contributed by atoms with Gasteiger partial charge in [0.2, 0.25) is 0 Å². The summed E-state index contributed by atoms with van der Waals surface area (Å²) in [4.78, 5) is 10.6. The van der Waals surface area contributed by atoms with Crippen LogP contribution in [-0.4, -0.2) is 19.5 Å². The molecule has 0 bridgehead atoms. The van der Waals surface area contributed by atoms with E-state index in [9.17, 15) is 17.6 Å². The predicted molar refractivity (Wildman–Crippen MR) is 78.3 cm³/mol. The third-order valence-corrected chi connectivity index (χ3v) is 4.62. The van der Waals surface area contributed by atoms with E-state index in [-0.39, 0.29) is 20.6 Å². The number of hydrogen-bond donors (Lipinski definition) is 2. The molecule has 0 heterocycles. The van der Waals surface area contributed by atoms with Gasteiger partial charge in [-0.25, -0.2) is 17.6 Å². The molecule has 21 heavy (non-hydrogen) atoms. The zero-order chi connectivity index (χ0) is 15.6. The van der Waals surface area contributed by atoms with Gasteiger partial charge in [-0.3, -0.25) is 4.72 Å². The first-order valence-corrected chi connectivity index (χ1v) is 7.88. The highest BCUT2D eigenvalue weighted by atomic mass is 79.9. The lowest BCUT2D eigenvalue weighted by Gasteiger charge is -2.10. The van der Waals surface area contributed by atoms with Crippen LogP contribution in [0, 0.1) is 5.82 Å². The van der Waals surface area contributed by atoms with E-state index in [2.05, 4.69) is 20.7 Å². The topological polar surface area (TPSA) is 83.5 Å². The molecule has 0 aliphatic rings. The minimum Gasteiger partial charge on any atom is -0.478 e. The van der Waals surface area contributed by atoms with Gasteiger partial charge in [0.15, 0.2) is 0 Å². The van der Waals surface area contributed by atoms with Crippen molar-refractivity contribution in [1.82, 2.24) is 0 Å². The Morgan fingerprint density at radius 1 is 1.14 bits per heavy atom. The number of carboxylic acid groups (broad SMARTS) is 1. The summed E-state index contributed by atoms with van der Waals surface area (Å²) >= 11 is 3.06. The van der Waals surface area contributed by atoms with Crippen molar-refractivity contribution in [3.63, 3.8) is 0 Å². The highest BCUT2D eigenvalue weighted by molar-refractivity contribution is 9.10. The SMILES string of the molecule is O=C(O)c1ccc(S(=O)(=O)Nc2ccc(F)cc2Br)cc1. The summed E-state index contributed by atoms with van der Waals surface area (Å²) in [5.74, 6) is -1.65. The van der Waals surface area contributed by atoms with Gasteiger partial charge in [0.05, 0.1) is 16.1 Å². The lowest BCUT2D eigenvalue weighted by molar-refractivity contribution is 0.0696. The maximum Gasteiger partial charge on any atom is 0.335 e. The molecule has 8 heteroatoms. The van der Waals surface area contributed by atoms with E-state index in [0.717, 1.165) is 12.1 Å². The van der Waals surface area contributed by atoms with Gasteiger partial charge < -0.3 is 5.11 Å². The number of aromatic carboxylic acids is 1. The van der Waals surface area contributed by atoms with E-state index in [1.807, 2.05) is 0 Å². The van der Waals surface area contributed by atoms with E-state index in [0.29, 0.717) is 0 Å². The van der Waals surface area contributed by atoms with E-state index in [4.69, 9.17) is 5.11 Å². The van der Waals surface area contributed by atoms with Gasteiger partial charge in [-0.05, 0) is 58.4 Å². The normalized spacial score (nSPS) is 11.1. The molecule has 0 saturated heterocycles. The number of halogens is 2. The second-order valence-electron chi connectivity index (χ2n) is 4.06. The van der Waals surface area contributed by atoms with Gasteiger partial charge in [-0.2, -0.15) is 0 Å². The van der Waals surface area contributed by atoms with Crippen molar-refractivity contribution in [2.45, 2.75) is 4.90 Å². The average molecular weight is 374 g/mol. The van der Waals surface area contributed by atoms with E-state index in [1.165, 1.54) is 30.3 Å². The standard InChI is InChI=1S/C13H9BrFNO4S/c14-11-7-9(15)3-6-12(11)16-21(19,20)10-4-1-8(2-5-10)13(17)18/h1-7,16H,(H,17,18). The summed E-state index contributed by atoms with van der Waals surface area (Å²) in [6.45, 7) is 0. The number of carboxylic acids is 1. The van der Waals surface area contributed by atoms with E-state index >= 15 is 0 Å². The van der Waals surface area contributed by atoms with Crippen LogP contribution in [0.1, 0.15) is 10.4 Å². The molecule has 0 aliphatic heterocycles. The van der Waals surface area contributed by atoms with Crippen molar-refractivity contribution < 1.29 is 22.7 Å². The fraction of sp³-hybridized carbons (Fsp3) is 0. The van der Waals surface area contributed by atoms with Crippen LogP contribution in [0.5, 0.6) is 0 Å². The van der Waals surface area contributed by atoms with Gasteiger partial charge in [0, 0.05) is 4.47 Å². The molecular weight excluding hydrogens is 365 g/mol. The molecule has 0 saturated carbocycles. The van der Waals surface area contributed by atoms with Gasteiger partial charge >= 0.3 is 5.97 Å². The summed E-state index contributed by atoms with van der Waals surface area (Å²) in [7, 11) is -3.89. The summed E-state index contributed by atoms with van der Waals surface area (Å²) < 4.78 is 39.8. The van der Waals surface area contributed by atoms with Crippen LogP contribution in [0.25, 0.3) is 0 Å². The zero-order valence-corrected chi connectivity index (χ0v) is 12.8. The number of rotatable bonds is 4. The Labute approximate surface area is 128 Å². The first kappa shape index (κ1) is 15.5. The molecule has 0 unspecified atom stereocenters. The zero-order valence-electron chi connectivity index (χ0n) is 10.4. The molecule has 0 aromatic heterocycles. The van der Waals surface area contributed by atoms with Crippen LogP contribution < -0.4 is 4.72 Å². The number of carbonyl (C=O) groups is 1. The van der Waals surface area contributed by atoms with Crippen molar-refractivity contribution in [3.05, 3.63) is 58.3 Å². The minimum absolute atomic E-state index is 0.0167. The van der Waals surface area contributed by atoms with Crippen LogP contribution in [0.2, 0.25) is 0 Å². The molecular formula is C13H9BrFNO4S. The fourth-order valence-electron chi connectivity index (χ4n) is 1.55. The quantitative estimate of drug-likeness (QED) is 0.862. The van der Waals surface area contributed by atoms with Crippen LogP contribution in [0.15, 0.2) is 51.8 Å². The monoisotopic (exact) mass is 373 g/mol. The second-order valence-corrected chi connectivity index (χ2v) is 6.60. The molecule has 0 atom stereocenters. The van der Waals surface area contributed by atoms with Crippen LogP contribution in [-0.2, 0) is 10.0 Å². The van der Waals surface area contributed by atoms with Crippen molar-refractivity contribution in [1.29, 1.82) is 0 Å². The molecule has 110 valence electrons. The van der Waals surface area contributed by atoms with E-state index < -0.39 is 21.8 Å². The molecule has 0 fully saturated rings. The third kappa shape index (κ3) is 3.59. The Morgan fingerprint density at radius 2 is 1.76 bits per heavy atom. The summed E-state index contributed by atoms with van der Waals surface area (Å²) in [6.07, 6.45) is 0. The van der Waals surface area contributed by atoms with Crippen LogP contribution >= 0.6 is 15.9 Å². The number of nitrogens with one attached hydrogen (secondary N) is 1. The predicted octanol–water partition coefficient (Wildman–Crippen LogP) is 3.09. The smallest absolute Gasteiger partial charge is 0.335 e. The number of hydrogen-bond acceptors (Lipinski definition) is 3. The number of anilines is 1.